The Morgan fingerprint density at radius 2 is 2.20 bits per heavy atom. The van der Waals surface area contributed by atoms with E-state index in [4.69, 9.17) is 19.0 Å². The first-order valence-electron chi connectivity index (χ1n) is 5.20. The molecule has 15 heavy (non-hydrogen) atoms. The van der Waals surface area contributed by atoms with Gasteiger partial charge in [0.2, 0.25) is 0 Å². The van der Waals surface area contributed by atoms with Crippen LogP contribution in [-0.4, -0.2) is 63.4 Å². The fourth-order valence-electron chi connectivity index (χ4n) is 2.70. The monoisotopic (exact) mass is 217 g/mol. The van der Waals surface area contributed by atoms with E-state index in [1.807, 2.05) is 19.0 Å². The average Bonchev–Trinajstić information content (AvgIpc) is 2.32. The second-order valence-corrected chi connectivity index (χ2v) is 4.33. The predicted molar refractivity (Wildman–Crippen MR) is 53.5 cm³/mol. The summed E-state index contributed by atoms with van der Waals surface area (Å²) in [6.07, 6.45) is -0.0531. The van der Waals surface area contributed by atoms with E-state index in [2.05, 4.69) is 0 Å². The van der Waals surface area contributed by atoms with Gasteiger partial charge in [0.25, 0.3) is 0 Å². The maximum atomic E-state index is 5.97. The largest absolute Gasteiger partial charge is 0.382 e. The summed E-state index contributed by atoms with van der Waals surface area (Å²) in [4.78, 5) is 5.69. The highest BCUT2D eigenvalue weighted by molar-refractivity contribution is 5.06. The van der Waals surface area contributed by atoms with Crippen molar-refractivity contribution in [1.29, 1.82) is 0 Å². The summed E-state index contributed by atoms with van der Waals surface area (Å²) in [7, 11) is 5.28. The minimum atomic E-state index is -0.388. The van der Waals surface area contributed by atoms with Gasteiger partial charge in [-0.1, -0.05) is 0 Å². The SMILES string of the molecule is COCC12CN(C)OC(C(C)O1)C2OC. The Morgan fingerprint density at radius 1 is 1.47 bits per heavy atom. The highest BCUT2D eigenvalue weighted by Crippen LogP contribution is 2.39. The van der Waals surface area contributed by atoms with Crippen molar-refractivity contribution in [3.63, 3.8) is 0 Å². The molecular weight excluding hydrogens is 198 g/mol. The van der Waals surface area contributed by atoms with Crippen LogP contribution < -0.4 is 0 Å². The highest BCUT2D eigenvalue weighted by Gasteiger charge is 2.59. The third-order valence-corrected chi connectivity index (χ3v) is 3.13. The second-order valence-electron chi connectivity index (χ2n) is 4.33. The lowest BCUT2D eigenvalue weighted by atomic mass is 9.93. The fraction of sp³-hybridized carbons (Fsp3) is 1.00. The third-order valence-electron chi connectivity index (χ3n) is 3.13. The van der Waals surface area contributed by atoms with Crippen LogP contribution in [0.2, 0.25) is 0 Å². The molecule has 0 saturated carbocycles. The summed E-state index contributed by atoms with van der Waals surface area (Å²) in [5.74, 6) is 0. The third kappa shape index (κ3) is 1.68. The quantitative estimate of drug-likeness (QED) is 0.668. The molecule has 2 heterocycles. The average molecular weight is 217 g/mol. The molecule has 5 heteroatoms. The fourth-order valence-corrected chi connectivity index (χ4v) is 2.70. The van der Waals surface area contributed by atoms with Gasteiger partial charge < -0.3 is 14.2 Å². The predicted octanol–water partition coefficient (Wildman–Crippen LogP) is 0.0509. The molecule has 5 nitrogen and oxygen atoms in total. The van der Waals surface area contributed by atoms with Gasteiger partial charge in [0.15, 0.2) is 0 Å². The number of nitrogens with zero attached hydrogens (tertiary/aromatic N) is 1. The van der Waals surface area contributed by atoms with Crippen LogP contribution in [0.15, 0.2) is 0 Å². The zero-order valence-electron chi connectivity index (χ0n) is 9.73. The van der Waals surface area contributed by atoms with Gasteiger partial charge in [-0.25, -0.2) is 0 Å². The van der Waals surface area contributed by atoms with Crippen LogP contribution in [0, 0.1) is 0 Å². The molecule has 0 spiro atoms. The van der Waals surface area contributed by atoms with E-state index in [1.54, 1.807) is 14.2 Å². The molecular formula is C10H19NO4. The van der Waals surface area contributed by atoms with Crippen LogP contribution in [0.5, 0.6) is 0 Å². The first-order valence-corrected chi connectivity index (χ1v) is 5.20. The van der Waals surface area contributed by atoms with Crippen LogP contribution in [0.4, 0.5) is 0 Å². The molecule has 2 bridgehead atoms. The number of ether oxygens (including phenoxy) is 3. The van der Waals surface area contributed by atoms with E-state index in [9.17, 15) is 0 Å². The number of fused-ring (bicyclic) bond motifs is 2. The lowest BCUT2D eigenvalue weighted by molar-refractivity contribution is -0.262. The van der Waals surface area contributed by atoms with Crippen molar-refractivity contribution in [2.45, 2.75) is 30.8 Å². The van der Waals surface area contributed by atoms with E-state index in [0.717, 1.165) is 0 Å². The maximum absolute atomic E-state index is 5.97. The topological polar surface area (TPSA) is 40.2 Å². The summed E-state index contributed by atoms with van der Waals surface area (Å²) >= 11 is 0. The summed E-state index contributed by atoms with van der Waals surface area (Å²) in [6, 6.07) is 0. The van der Waals surface area contributed by atoms with Gasteiger partial charge in [0.1, 0.15) is 17.8 Å². The molecule has 0 aromatic carbocycles. The van der Waals surface area contributed by atoms with Crippen LogP contribution >= 0.6 is 0 Å². The summed E-state index contributed by atoms with van der Waals surface area (Å²) < 4.78 is 16.7. The van der Waals surface area contributed by atoms with Gasteiger partial charge in [0, 0.05) is 21.3 Å². The zero-order valence-corrected chi connectivity index (χ0v) is 9.73. The molecule has 0 aromatic heterocycles. The number of hydroxylamine groups is 2. The van der Waals surface area contributed by atoms with E-state index >= 15 is 0 Å². The molecule has 2 aliphatic rings. The Kier molecular flexibility index (Phi) is 3.00. The molecule has 2 aliphatic heterocycles. The van der Waals surface area contributed by atoms with Crippen molar-refractivity contribution >= 4 is 0 Å². The molecule has 0 radical (unpaired) electrons. The minimum Gasteiger partial charge on any atom is -0.382 e. The first-order chi connectivity index (χ1) is 7.13. The van der Waals surface area contributed by atoms with Crippen LogP contribution in [0.25, 0.3) is 0 Å². The lowest BCUT2D eigenvalue weighted by Crippen LogP contribution is -2.59. The van der Waals surface area contributed by atoms with Crippen molar-refractivity contribution in [1.82, 2.24) is 5.06 Å². The van der Waals surface area contributed by atoms with E-state index in [1.165, 1.54) is 0 Å². The van der Waals surface area contributed by atoms with Crippen molar-refractivity contribution in [2.24, 2.45) is 0 Å². The van der Waals surface area contributed by atoms with Crippen molar-refractivity contribution < 1.29 is 19.0 Å². The highest BCUT2D eigenvalue weighted by atomic mass is 16.7. The van der Waals surface area contributed by atoms with E-state index < -0.39 is 0 Å². The lowest BCUT2D eigenvalue weighted by Gasteiger charge is -2.41. The number of hydrogen-bond donors (Lipinski definition) is 0. The molecule has 2 rings (SSSR count). The van der Waals surface area contributed by atoms with Crippen molar-refractivity contribution in [2.75, 3.05) is 34.4 Å². The van der Waals surface area contributed by atoms with Gasteiger partial charge in [-0.3, -0.25) is 4.84 Å². The Morgan fingerprint density at radius 3 is 2.80 bits per heavy atom. The van der Waals surface area contributed by atoms with E-state index in [0.29, 0.717) is 13.2 Å². The molecule has 2 saturated heterocycles. The summed E-state index contributed by atoms with van der Waals surface area (Å²) in [5.41, 5.74) is -0.388. The molecule has 0 aliphatic carbocycles. The van der Waals surface area contributed by atoms with Gasteiger partial charge in [0.05, 0.1) is 19.3 Å². The van der Waals surface area contributed by atoms with Crippen LogP contribution in [0.1, 0.15) is 6.92 Å². The number of hydrogen-bond acceptors (Lipinski definition) is 5. The number of likely N-dealkylation sites (N-methyl/N-ethyl adjacent to an activating group) is 1. The first kappa shape index (κ1) is 11.3. The Balaban J connectivity index is 2.24. The van der Waals surface area contributed by atoms with E-state index in [-0.39, 0.29) is 23.9 Å². The van der Waals surface area contributed by atoms with Gasteiger partial charge in [-0.15, -0.1) is 0 Å². The standard InChI is InChI=1S/C10H19NO4/c1-7-8-9(13-4)10(14-7,6-12-3)5-11(2)15-8/h7-9H,5-6H2,1-4H3. The Hall–Kier alpha value is -0.200. The summed E-state index contributed by atoms with van der Waals surface area (Å²) in [6.45, 7) is 3.20. The minimum absolute atomic E-state index is 0.0371. The van der Waals surface area contributed by atoms with Crippen LogP contribution in [0.3, 0.4) is 0 Å². The summed E-state index contributed by atoms with van der Waals surface area (Å²) in [5, 5.41) is 1.81. The van der Waals surface area contributed by atoms with Gasteiger partial charge >= 0.3 is 0 Å². The number of methoxy groups -OCH3 is 2. The Labute approximate surface area is 90.2 Å². The molecule has 4 atom stereocenters. The van der Waals surface area contributed by atoms with Crippen molar-refractivity contribution in [3.8, 4) is 0 Å². The zero-order chi connectivity index (χ0) is 11.1. The molecule has 0 N–H and O–H groups in total. The normalized spacial score (nSPS) is 46.0. The molecule has 0 aromatic rings. The molecule has 0 amide bonds. The van der Waals surface area contributed by atoms with Gasteiger partial charge in [-0.05, 0) is 6.92 Å². The van der Waals surface area contributed by atoms with Crippen molar-refractivity contribution in [3.05, 3.63) is 0 Å². The number of rotatable bonds is 3. The van der Waals surface area contributed by atoms with Crippen LogP contribution in [-0.2, 0) is 19.0 Å². The molecule has 2 fully saturated rings. The molecule has 4 unspecified atom stereocenters. The maximum Gasteiger partial charge on any atom is 0.135 e. The second kappa shape index (κ2) is 3.99. The Bertz CT molecular complexity index is 233. The van der Waals surface area contributed by atoms with Gasteiger partial charge in [-0.2, -0.15) is 5.06 Å². The smallest absolute Gasteiger partial charge is 0.135 e. The molecule has 88 valence electrons.